The number of aliphatic carboxylic acids is 1. The van der Waals surface area contributed by atoms with E-state index in [1.165, 1.54) is 18.0 Å². The average Bonchev–Trinajstić information content (AvgIpc) is 3.01. The van der Waals surface area contributed by atoms with Crippen molar-refractivity contribution in [3.05, 3.63) is 53.9 Å². The zero-order chi connectivity index (χ0) is 16.8. The Labute approximate surface area is 135 Å². The largest absolute Gasteiger partial charge is 0.480 e. The minimum Gasteiger partial charge on any atom is -0.480 e. The van der Waals surface area contributed by atoms with Crippen molar-refractivity contribution in [1.82, 2.24) is 14.7 Å². The Morgan fingerprint density at radius 2 is 2.00 bits per heavy atom. The molecule has 0 fully saturated rings. The number of hydrogen-bond acceptors (Lipinski definition) is 3. The number of rotatable bonds is 7. The second-order valence-corrected chi connectivity index (χ2v) is 5.42. The summed E-state index contributed by atoms with van der Waals surface area (Å²) < 4.78 is 1.69. The van der Waals surface area contributed by atoms with Gasteiger partial charge in [0.1, 0.15) is 6.04 Å². The van der Waals surface area contributed by atoms with Gasteiger partial charge in [0, 0.05) is 19.3 Å². The third-order valence-corrected chi connectivity index (χ3v) is 3.61. The standard InChI is InChI=1S/C17H21N3O3/c1-3-9-19-12-15(10-18-19)16(21)20(13(2)17(22)23)11-14-7-5-4-6-8-14/h4-8,10,12-13H,3,9,11H2,1-2H3,(H,22,23). The molecule has 122 valence electrons. The maximum Gasteiger partial charge on any atom is 0.326 e. The van der Waals surface area contributed by atoms with Gasteiger partial charge >= 0.3 is 5.97 Å². The number of carboxylic acids is 1. The maximum atomic E-state index is 12.7. The van der Waals surface area contributed by atoms with E-state index in [-0.39, 0.29) is 12.5 Å². The summed E-state index contributed by atoms with van der Waals surface area (Å²) >= 11 is 0. The Hall–Kier alpha value is -2.63. The molecule has 0 aliphatic carbocycles. The second-order valence-electron chi connectivity index (χ2n) is 5.42. The van der Waals surface area contributed by atoms with Crippen LogP contribution < -0.4 is 0 Å². The molecule has 0 spiro atoms. The van der Waals surface area contributed by atoms with Gasteiger partial charge in [0.25, 0.3) is 5.91 Å². The minimum absolute atomic E-state index is 0.242. The van der Waals surface area contributed by atoms with Crippen LogP contribution in [0.25, 0.3) is 0 Å². The molecule has 1 heterocycles. The molecule has 0 bridgehead atoms. The predicted molar refractivity (Wildman–Crippen MR) is 85.9 cm³/mol. The van der Waals surface area contributed by atoms with Crippen LogP contribution in [0.15, 0.2) is 42.7 Å². The molecule has 1 N–H and O–H groups in total. The normalized spacial score (nSPS) is 11.9. The van der Waals surface area contributed by atoms with Crippen molar-refractivity contribution in [3.8, 4) is 0 Å². The summed E-state index contributed by atoms with van der Waals surface area (Å²) in [6, 6.07) is 8.43. The number of carbonyl (C=O) groups is 2. The quantitative estimate of drug-likeness (QED) is 0.851. The summed E-state index contributed by atoms with van der Waals surface area (Å²) in [7, 11) is 0. The lowest BCUT2D eigenvalue weighted by Gasteiger charge is -2.26. The van der Waals surface area contributed by atoms with Crippen LogP contribution in [0.5, 0.6) is 0 Å². The first-order chi connectivity index (χ1) is 11.0. The zero-order valence-corrected chi connectivity index (χ0v) is 13.3. The summed E-state index contributed by atoms with van der Waals surface area (Å²) in [6.07, 6.45) is 4.07. The molecule has 0 aliphatic heterocycles. The van der Waals surface area contributed by atoms with E-state index >= 15 is 0 Å². The van der Waals surface area contributed by atoms with Crippen LogP contribution in [0.4, 0.5) is 0 Å². The van der Waals surface area contributed by atoms with Crippen LogP contribution >= 0.6 is 0 Å². The van der Waals surface area contributed by atoms with Crippen molar-refractivity contribution in [1.29, 1.82) is 0 Å². The average molecular weight is 315 g/mol. The highest BCUT2D eigenvalue weighted by Gasteiger charge is 2.27. The van der Waals surface area contributed by atoms with E-state index in [1.807, 2.05) is 37.3 Å². The number of aryl methyl sites for hydroxylation is 1. The molecular formula is C17H21N3O3. The van der Waals surface area contributed by atoms with Gasteiger partial charge in [-0.1, -0.05) is 37.3 Å². The number of hydrogen-bond donors (Lipinski definition) is 1. The summed E-state index contributed by atoms with van der Waals surface area (Å²) in [5.74, 6) is -1.36. The van der Waals surface area contributed by atoms with Gasteiger partial charge in [0.05, 0.1) is 11.8 Å². The molecule has 1 aromatic heterocycles. The Kier molecular flexibility index (Phi) is 5.51. The predicted octanol–water partition coefficient (Wildman–Crippen LogP) is 2.41. The van der Waals surface area contributed by atoms with Crippen LogP contribution in [0, 0.1) is 0 Å². The second kappa shape index (κ2) is 7.58. The molecule has 1 atom stereocenters. The van der Waals surface area contributed by atoms with Crippen molar-refractivity contribution in [2.75, 3.05) is 0 Å². The highest BCUT2D eigenvalue weighted by molar-refractivity contribution is 5.96. The minimum atomic E-state index is -1.03. The van der Waals surface area contributed by atoms with Crippen molar-refractivity contribution in [2.24, 2.45) is 0 Å². The Bertz CT molecular complexity index is 667. The Balaban J connectivity index is 2.24. The van der Waals surface area contributed by atoms with E-state index in [0.29, 0.717) is 5.56 Å². The highest BCUT2D eigenvalue weighted by atomic mass is 16.4. The van der Waals surface area contributed by atoms with Crippen molar-refractivity contribution in [2.45, 2.75) is 39.4 Å². The number of amides is 1. The highest BCUT2D eigenvalue weighted by Crippen LogP contribution is 2.14. The van der Waals surface area contributed by atoms with Crippen LogP contribution in [0.3, 0.4) is 0 Å². The number of carboxylic acid groups (broad SMARTS) is 1. The molecule has 2 rings (SSSR count). The molecule has 6 heteroatoms. The van der Waals surface area contributed by atoms with Gasteiger partial charge in [0.2, 0.25) is 0 Å². The van der Waals surface area contributed by atoms with Gasteiger partial charge < -0.3 is 10.0 Å². The first kappa shape index (κ1) is 16.7. The fourth-order valence-corrected chi connectivity index (χ4v) is 2.29. The van der Waals surface area contributed by atoms with E-state index in [2.05, 4.69) is 5.10 Å². The van der Waals surface area contributed by atoms with E-state index in [4.69, 9.17) is 0 Å². The van der Waals surface area contributed by atoms with Gasteiger partial charge in [-0.25, -0.2) is 4.79 Å². The fourth-order valence-electron chi connectivity index (χ4n) is 2.29. The number of benzene rings is 1. The molecule has 0 saturated heterocycles. The van der Waals surface area contributed by atoms with Crippen molar-refractivity contribution >= 4 is 11.9 Å². The van der Waals surface area contributed by atoms with Gasteiger partial charge in [-0.05, 0) is 18.9 Å². The van der Waals surface area contributed by atoms with Gasteiger partial charge in [0.15, 0.2) is 0 Å². The summed E-state index contributed by atoms with van der Waals surface area (Å²) in [5, 5.41) is 13.4. The van der Waals surface area contributed by atoms with Gasteiger partial charge in [-0.3, -0.25) is 9.48 Å². The molecule has 6 nitrogen and oxygen atoms in total. The van der Waals surface area contributed by atoms with E-state index in [1.54, 1.807) is 10.9 Å². The zero-order valence-electron chi connectivity index (χ0n) is 13.3. The third kappa shape index (κ3) is 4.18. The van der Waals surface area contributed by atoms with Crippen LogP contribution in [0.1, 0.15) is 36.2 Å². The first-order valence-corrected chi connectivity index (χ1v) is 7.63. The molecule has 1 aromatic carbocycles. The smallest absolute Gasteiger partial charge is 0.326 e. The Morgan fingerprint density at radius 1 is 1.30 bits per heavy atom. The van der Waals surface area contributed by atoms with Crippen molar-refractivity contribution in [3.63, 3.8) is 0 Å². The molecular weight excluding hydrogens is 294 g/mol. The SMILES string of the molecule is CCCn1cc(C(=O)N(Cc2ccccc2)C(C)C(=O)O)cn1. The number of nitrogens with zero attached hydrogens (tertiary/aromatic N) is 3. The number of aromatic nitrogens is 2. The van der Waals surface area contributed by atoms with E-state index < -0.39 is 12.0 Å². The van der Waals surface area contributed by atoms with Crippen LogP contribution in [0.2, 0.25) is 0 Å². The summed E-state index contributed by atoms with van der Waals surface area (Å²) in [4.78, 5) is 25.4. The first-order valence-electron chi connectivity index (χ1n) is 7.63. The van der Waals surface area contributed by atoms with Crippen molar-refractivity contribution < 1.29 is 14.7 Å². The summed E-state index contributed by atoms with van der Waals surface area (Å²) in [5.41, 5.74) is 1.29. The fraction of sp³-hybridized carbons (Fsp3) is 0.353. The van der Waals surface area contributed by atoms with Crippen LogP contribution in [-0.4, -0.2) is 37.7 Å². The molecule has 0 radical (unpaired) electrons. The third-order valence-electron chi connectivity index (χ3n) is 3.61. The topological polar surface area (TPSA) is 75.4 Å². The molecule has 1 unspecified atom stereocenters. The lowest BCUT2D eigenvalue weighted by molar-refractivity contribution is -0.141. The lowest BCUT2D eigenvalue weighted by atomic mass is 10.1. The molecule has 0 aliphatic rings. The van der Waals surface area contributed by atoms with Gasteiger partial charge in [-0.2, -0.15) is 5.10 Å². The molecule has 23 heavy (non-hydrogen) atoms. The number of carbonyl (C=O) groups excluding carboxylic acids is 1. The monoisotopic (exact) mass is 315 g/mol. The van der Waals surface area contributed by atoms with E-state index in [0.717, 1.165) is 18.5 Å². The molecule has 2 aromatic rings. The van der Waals surface area contributed by atoms with Crippen LogP contribution in [-0.2, 0) is 17.9 Å². The lowest BCUT2D eigenvalue weighted by Crippen LogP contribution is -2.42. The molecule has 0 saturated carbocycles. The van der Waals surface area contributed by atoms with E-state index in [9.17, 15) is 14.7 Å². The molecule has 1 amide bonds. The summed E-state index contributed by atoms with van der Waals surface area (Å²) in [6.45, 7) is 4.50. The Morgan fingerprint density at radius 3 is 2.61 bits per heavy atom. The maximum absolute atomic E-state index is 12.7. The van der Waals surface area contributed by atoms with Gasteiger partial charge in [-0.15, -0.1) is 0 Å².